The number of alkyl halides is 3. The second kappa shape index (κ2) is 9.30. The third-order valence-electron chi connectivity index (χ3n) is 4.68. The van der Waals surface area contributed by atoms with Crippen LogP contribution in [0.25, 0.3) is 0 Å². The van der Waals surface area contributed by atoms with Crippen LogP contribution in [-0.4, -0.2) is 49.4 Å². The van der Waals surface area contributed by atoms with Crippen molar-refractivity contribution in [1.82, 2.24) is 9.79 Å². The number of halogens is 4. The Kier molecular flexibility index (Phi) is 6.91. The lowest BCUT2D eigenvalue weighted by molar-refractivity contribution is -0.274. The van der Waals surface area contributed by atoms with Crippen molar-refractivity contribution in [3.05, 3.63) is 53.8 Å². The summed E-state index contributed by atoms with van der Waals surface area (Å²) in [5.41, 5.74) is 0.438. The highest BCUT2D eigenvalue weighted by Crippen LogP contribution is 2.28. The summed E-state index contributed by atoms with van der Waals surface area (Å²) in [6.07, 6.45) is -4.73. The molecule has 2 N–H and O–H groups in total. The van der Waals surface area contributed by atoms with Crippen molar-refractivity contribution < 1.29 is 45.5 Å². The highest BCUT2D eigenvalue weighted by Gasteiger charge is 2.34. The van der Waals surface area contributed by atoms with E-state index in [4.69, 9.17) is 9.94 Å². The number of carbonyl (C=O) groups excluding carboxylic acids is 1. The Bertz CT molecular complexity index is 1070. The summed E-state index contributed by atoms with van der Waals surface area (Å²) in [6, 6.07) is 7.90. The van der Waals surface area contributed by atoms with Gasteiger partial charge in [0.1, 0.15) is 23.4 Å². The molecule has 0 radical (unpaired) electrons. The molecule has 2 aromatic rings. The molecule has 0 aliphatic carbocycles. The Morgan fingerprint density at radius 2 is 1.66 bits per heavy atom. The number of amides is 1. The lowest BCUT2D eigenvalue weighted by Gasteiger charge is -2.31. The van der Waals surface area contributed by atoms with Gasteiger partial charge in [-0.15, -0.1) is 13.2 Å². The maximum atomic E-state index is 14.1. The largest absolute Gasteiger partial charge is 0.573 e. The summed E-state index contributed by atoms with van der Waals surface area (Å²) in [6.45, 7) is -0.00205. The summed E-state index contributed by atoms with van der Waals surface area (Å²) in [4.78, 5) is 11.2. The van der Waals surface area contributed by atoms with Crippen LogP contribution in [0.4, 0.5) is 17.6 Å². The van der Waals surface area contributed by atoms with Crippen LogP contribution in [-0.2, 0) is 10.0 Å². The molecule has 0 atom stereocenters. The molecule has 1 aliphatic rings. The van der Waals surface area contributed by atoms with Gasteiger partial charge in [-0.3, -0.25) is 10.0 Å². The fourth-order valence-electron chi connectivity index (χ4n) is 3.24. The molecule has 8 nitrogen and oxygen atoms in total. The lowest BCUT2D eigenvalue weighted by Crippen LogP contribution is -2.42. The molecule has 0 spiro atoms. The van der Waals surface area contributed by atoms with E-state index in [0.717, 1.165) is 34.6 Å². The van der Waals surface area contributed by atoms with Gasteiger partial charge in [0.05, 0.1) is 10.5 Å². The number of hydrogen-bond donors (Lipinski definition) is 2. The van der Waals surface area contributed by atoms with Crippen molar-refractivity contribution in [2.24, 2.45) is 0 Å². The fourth-order valence-corrected chi connectivity index (χ4v) is 4.91. The summed E-state index contributed by atoms with van der Waals surface area (Å²) in [7, 11) is -4.25. The first kappa shape index (κ1) is 23.8. The van der Waals surface area contributed by atoms with Crippen LogP contribution >= 0.6 is 0 Å². The number of nitrogens with one attached hydrogen (secondary N) is 1. The molecule has 1 fully saturated rings. The molecule has 0 saturated carbocycles. The molecule has 0 aromatic heterocycles. The Labute approximate surface area is 180 Å². The molecular formula is C19H18F4N2O6S. The standard InChI is InChI=1S/C19H18F4N2O6S/c20-15-2-1-3-16(17(15)18(26)24-27)32(28,29)25-10-8-13(9-11-25)30-12-4-6-14(7-5-12)31-19(21,22)23/h1-7,13,27H,8-11H2,(H,24,26). The van der Waals surface area contributed by atoms with E-state index in [1.807, 2.05) is 0 Å². The second-order valence-electron chi connectivity index (χ2n) is 6.79. The van der Waals surface area contributed by atoms with Gasteiger partial charge in [-0.05, 0) is 49.2 Å². The third-order valence-corrected chi connectivity index (χ3v) is 6.62. The molecule has 3 rings (SSSR count). The summed E-state index contributed by atoms with van der Waals surface area (Å²) >= 11 is 0. The molecule has 1 heterocycles. The van der Waals surface area contributed by atoms with E-state index in [0.29, 0.717) is 0 Å². The van der Waals surface area contributed by atoms with Gasteiger partial charge in [-0.25, -0.2) is 18.3 Å². The Morgan fingerprint density at radius 1 is 1.06 bits per heavy atom. The van der Waals surface area contributed by atoms with E-state index < -0.39 is 50.4 Å². The van der Waals surface area contributed by atoms with Gasteiger partial charge in [-0.2, -0.15) is 4.31 Å². The Balaban J connectivity index is 1.66. The topological polar surface area (TPSA) is 105 Å². The van der Waals surface area contributed by atoms with Crippen LogP contribution in [0.3, 0.4) is 0 Å². The van der Waals surface area contributed by atoms with Gasteiger partial charge in [-0.1, -0.05) is 6.07 Å². The number of sulfonamides is 1. The minimum Gasteiger partial charge on any atom is -0.490 e. The Hall–Kier alpha value is -2.90. The van der Waals surface area contributed by atoms with Gasteiger partial charge in [0.25, 0.3) is 5.91 Å². The first-order valence-electron chi connectivity index (χ1n) is 9.27. The second-order valence-corrected chi connectivity index (χ2v) is 8.70. The van der Waals surface area contributed by atoms with Gasteiger partial charge in [0.2, 0.25) is 10.0 Å². The molecule has 2 aromatic carbocycles. The van der Waals surface area contributed by atoms with Crippen molar-refractivity contribution in [1.29, 1.82) is 0 Å². The zero-order valence-corrected chi connectivity index (χ0v) is 17.1. The molecule has 1 amide bonds. The lowest BCUT2D eigenvalue weighted by atomic mass is 10.1. The molecule has 0 unspecified atom stereocenters. The normalized spacial score (nSPS) is 15.9. The number of ether oxygens (including phenoxy) is 2. The van der Waals surface area contributed by atoms with Gasteiger partial charge < -0.3 is 9.47 Å². The number of piperidine rings is 1. The minimum absolute atomic E-state index is 0.00103. The van der Waals surface area contributed by atoms with Gasteiger partial charge >= 0.3 is 6.36 Å². The number of rotatable bonds is 6. The van der Waals surface area contributed by atoms with Crippen molar-refractivity contribution in [2.45, 2.75) is 30.2 Å². The maximum absolute atomic E-state index is 14.1. The summed E-state index contributed by atoms with van der Waals surface area (Å²) in [5, 5.41) is 8.81. The first-order valence-corrected chi connectivity index (χ1v) is 10.7. The SMILES string of the molecule is O=C(NO)c1c(F)cccc1S(=O)(=O)N1CCC(Oc2ccc(OC(F)(F)F)cc2)CC1. The zero-order chi connectivity index (χ0) is 23.5. The van der Waals surface area contributed by atoms with Crippen molar-refractivity contribution in [3.8, 4) is 11.5 Å². The predicted octanol–water partition coefficient (Wildman–Crippen LogP) is 3.08. The number of nitrogens with zero attached hydrogens (tertiary/aromatic N) is 1. The summed E-state index contributed by atoms with van der Waals surface area (Å²) in [5.74, 6) is -2.51. The monoisotopic (exact) mass is 478 g/mol. The van der Waals surface area contributed by atoms with Crippen molar-refractivity contribution >= 4 is 15.9 Å². The van der Waals surface area contributed by atoms with E-state index in [1.165, 1.54) is 17.6 Å². The molecule has 13 heteroatoms. The van der Waals surface area contributed by atoms with Crippen LogP contribution in [0.2, 0.25) is 0 Å². The van der Waals surface area contributed by atoms with Gasteiger partial charge in [0.15, 0.2) is 0 Å². The number of hydrogen-bond acceptors (Lipinski definition) is 6. The van der Waals surface area contributed by atoms with Crippen molar-refractivity contribution in [3.63, 3.8) is 0 Å². The predicted molar refractivity (Wildman–Crippen MR) is 101 cm³/mol. The van der Waals surface area contributed by atoms with Gasteiger partial charge in [0, 0.05) is 13.1 Å². The molecule has 0 bridgehead atoms. The molecule has 1 saturated heterocycles. The van der Waals surface area contributed by atoms with E-state index in [2.05, 4.69) is 4.74 Å². The quantitative estimate of drug-likeness (QED) is 0.376. The van der Waals surface area contributed by atoms with Crippen LogP contribution in [0, 0.1) is 5.82 Å². The smallest absolute Gasteiger partial charge is 0.490 e. The summed E-state index contributed by atoms with van der Waals surface area (Å²) < 4.78 is 87.2. The molecule has 1 aliphatic heterocycles. The van der Waals surface area contributed by atoms with Crippen LogP contribution in [0.15, 0.2) is 47.4 Å². The number of hydroxylamine groups is 1. The minimum atomic E-state index is -4.81. The highest BCUT2D eigenvalue weighted by molar-refractivity contribution is 7.89. The van der Waals surface area contributed by atoms with Crippen LogP contribution in [0.1, 0.15) is 23.2 Å². The number of carbonyl (C=O) groups is 1. The van der Waals surface area contributed by atoms with E-state index in [9.17, 15) is 30.8 Å². The van der Waals surface area contributed by atoms with Crippen molar-refractivity contribution in [2.75, 3.05) is 13.1 Å². The van der Waals surface area contributed by atoms with E-state index >= 15 is 0 Å². The zero-order valence-electron chi connectivity index (χ0n) is 16.3. The van der Waals surface area contributed by atoms with Crippen LogP contribution < -0.4 is 15.0 Å². The number of benzene rings is 2. The third kappa shape index (κ3) is 5.47. The van der Waals surface area contributed by atoms with E-state index in [1.54, 1.807) is 0 Å². The average Bonchev–Trinajstić information content (AvgIpc) is 2.74. The fraction of sp³-hybridized carbons (Fsp3) is 0.316. The van der Waals surface area contributed by atoms with Crippen LogP contribution in [0.5, 0.6) is 11.5 Å². The first-order chi connectivity index (χ1) is 15.0. The maximum Gasteiger partial charge on any atom is 0.573 e. The molecular weight excluding hydrogens is 460 g/mol. The van der Waals surface area contributed by atoms with E-state index in [-0.39, 0.29) is 31.7 Å². The highest BCUT2D eigenvalue weighted by atomic mass is 32.2. The molecule has 174 valence electrons. The Morgan fingerprint density at radius 3 is 2.22 bits per heavy atom. The molecule has 32 heavy (non-hydrogen) atoms. The average molecular weight is 478 g/mol.